The molecule has 3 aromatic rings. The average molecular weight is 484 g/mol. The summed E-state index contributed by atoms with van der Waals surface area (Å²) in [6.07, 6.45) is -10.6. The smallest absolute Gasteiger partial charge is 0.492 e. The van der Waals surface area contributed by atoms with Gasteiger partial charge in [-0.1, -0.05) is 24.3 Å². The zero-order valence-electron chi connectivity index (χ0n) is 17.4. The van der Waals surface area contributed by atoms with Gasteiger partial charge in [-0.25, -0.2) is 4.98 Å². The number of hydrogen-bond donors (Lipinski definition) is 1. The fourth-order valence-corrected chi connectivity index (χ4v) is 3.60. The van der Waals surface area contributed by atoms with Crippen LogP contribution in [0.15, 0.2) is 60.7 Å². The van der Waals surface area contributed by atoms with Crippen LogP contribution in [-0.4, -0.2) is 34.5 Å². The fourth-order valence-electron chi connectivity index (χ4n) is 3.60. The molecule has 1 aliphatic heterocycles. The third-order valence-corrected chi connectivity index (χ3v) is 5.15. The van der Waals surface area contributed by atoms with Crippen LogP contribution in [0.5, 0.6) is 11.5 Å². The Kier molecular flexibility index (Phi) is 6.41. The van der Waals surface area contributed by atoms with E-state index >= 15 is 0 Å². The molecule has 0 amide bonds. The van der Waals surface area contributed by atoms with Crippen molar-refractivity contribution in [2.75, 3.05) is 13.2 Å². The van der Waals surface area contributed by atoms with Crippen molar-refractivity contribution in [3.63, 3.8) is 0 Å². The Labute approximate surface area is 190 Å². The molecule has 0 spiro atoms. The maximum atomic E-state index is 13.0. The molecule has 2 heterocycles. The van der Waals surface area contributed by atoms with Crippen LogP contribution in [0.2, 0.25) is 0 Å². The van der Waals surface area contributed by atoms with Gasteiger partial charge in [0.05, 0.1) is 5.69 Å². The van der Waals surface area contributed by atoms with Gasteiger partial charge in [-0.3, -0.25) is 4.90 Å². The number of pyridine rings is 1. The molecule has 180 valence electrons. The van der Waals surface area contributed by atoms with E-state index in [1.165, 1.54) is 41.3 Å². The molecule has 1 aliphatic rings. The normalized spacial score (nSPS) is 17.0. The summed E-state index contributed by atoms with van der Waals surface area (Å²) in [5.74, 6) is 0.0296. The summed E-state index contributed by atoms with van der Waals surface area (Å²) in [6, 6.07) is 13.7. The Morgan fingerprint density at radius 3 is 2.35 bits per heavy atom. The van der Waals surface area contributed by atoms with E-state index < -0.39 is 24.5 Å². The molecule has 2 aromatic carbocycles. The van der Waals surface area contributed by atoms with Gasteiger partial charge < -0.3 is 14.6 Å². The highest BCUT2D eigenvalue weighted by atomic mass is 19.4. The fraction of sp³-hybridized carbons (Fsp3) is 0.261. The highest BCUT2D eigenvalue weighted by Gasteiger charge is 2.33. The molecule has 0 aliphatic carbocycles. The molecular formula is C23H18F6N2O3. The Hall–Kier alpha value is -3.31. The summed E-state index contributed by atoms with van der Waals surface area (Å²) in [4.78, 5) is 5.17. The number of hydrogen-bond acceptors (Lipinski definition) is 5. The van der Waals surface area contributed by atoms with Gasteiger partial charge in [0.25, 0.3) is 0 Å². The van der Waals surface area contributed by atoms with Gasteiger partial charge in [0.15, 0.2) is 0 Å². The lowest BCUT2D eigenvalue weighted by atomic mass is 10.0. The van der Waals surface area contributed by atoms with Crippen LogP contribution in [0.3, 0.4) is 0 Å². The van der Waals surface area contributed by atoms with Gasteiger partial charge in [0, 0.05) is 18.7 Å². The monoisotopic (exact) mass is 484 g/mol. The molecule has 1 N–H and O–H groups in total. The van der Waals surface area contributed by atoms with Gasteiger partial charge >= 0.3 is 12.5 Å². The number of alkyl halides is 6. The summed E-state index contributed by atoms with van der Waals surface area (Å²) in [7, 11) is 0. The van der Waals surface area contributed by atoms with Crippen LogP contribution in [-0.2, 0) is 12.7 Å². The minimum atomic E-state index is -4.80. The van der Waals surface area contributed by atoms with E-state index in [0.29, 0.717) is 22.4 Å². The van der Waals surface area contributed by atoms with Crippen molar-refractivity contribution in [2.45, 2.75) is 25.3 Å². The summed E-state index contributed by atoms with van der Waals surface area (Å²) >= 11 is 0. The second-order valence-electron chi connectivity index (χ2n) is 7.53. The van der Waals surface area contributed by atoms with E-state index in [-0.39, 0.29) is 31.1 Å². The number of aromatic nitrogens is 1. The topological polar surface area (TPSA) is 54.8 Å². The van der Waals surface area contributed by atoms with Crippen molar-refractivity contribution in [1.29, 1.82) is 0 Å². The van der Waals surface area contributed by atoms with E-state index in [4.69, 9.17) is 4.74 Å². The lowest BCUT2D eigenvalue weighted by molar-refractivity contribution is -0.274. The van der Waals surface area contributed by atoms with Gasteiger partial charge in [0.2, 0.25) is 0 Å². The molecule has 4 rings (SSSR count). The number of nitrogens with zero attached hydrogens (tertiary/aromatic N) is 2. The molecular weight excluding hydrogens is 466 g/mol. The number of aliphatic hydroxyl groups is 1. The minimum Gasteiger partial charge on any atom is -0.492 e. The van der Waals surface area contributed by atoms with Crippen LogP contribution in [0.1, 0.15) is 23.2 Å². The standard InChI is InChI=1S/C23H18F6N2O3/c24-22(25,26)20-3-1-2-16(30-20)13-31-10-11-33-19-9-6-15(12-18(19)21(31)32)14-4-7-17(8-5-14)34-23(27,28)29/h1-9,12,21,32H,10-11,13H2. The van der Waals surface area contributed by atoms with E-state index in [1.54, 1.807) is 18.2 Å². The highest BCUT2D eigenvalue weighted by Crippen LogP contribution is 2.36. The third-order valence-electron chi connectivity index (χ3n) is 5.15. The number of rotatable bonds is 4. The number of fused-ring (bicyclic) bond motifs is 1. The zero-order chi connectivity index (χ0) is 24.5. The molecule has 0 saturated heterocycles. The SMILES string of the molecule is OC1c2cc(-c3ccc(OC(F)(F)F)cc3)ccc2OCCN1Cc1cccc(C(F)(F)F)n1. The molecule has 1 atom stereocenters. The molecule has 5 nitrogen and oxygen atoms in total. The lowest BCUT2D eigenvalue weighted by Gasteiger charge is -2.25. The maximum Gasteiger partial charge on any atom is 0.573 e. The Balaban J connectivity index is 1.57. The number of aliphatic hydroxyl groups excluding tert-OH is 1. The molecule has 0 bridgehead atoms. The first-order chi connectivity index (χ1) is 16.0. The molecule has 0 saturated carbocycles. The summed E-state index contributed by atoms with van der Waals surface area (Å²) in [5.41, 5.74) is 0.649. The highest BCUT2D eigenvalue weighted by molar-refractivity contribution is 5.66. The number of benzene rings is 2. The quantitative estimate of drug-likeness (QED) is 0.492. The number of halogens is 6. The van der Waals surface area contributed by atoms with Crippen molar-refractivity contribution in [2.24, 2.45) is 0 Å². The van der Waals surface area contributed by atoms with Crippen LogP contribution in [0.25, 0.3) is 11.1 Å². The maximum absolute atomic E-state index is 13.0. The summed E-state index contributed by atoms with van der Waals surface area (Å²) < 4.78 is 85.7. The van der Waals surface area contributed by atoms with Gasteiger partial charge in [-0.05, 0) is 47.5 Å². The van der Waals surface area contributed by atoms with Crippen LogP contribution < -0.4 is 9.47 Å². The number of ether oxygens (including phenoxy) is 2. The van der Waals surface area contributed by atoms with E-state index in [1.807, 2.05) is 0 Å². The Bertz CT molecular complexity index is 1150. The van der Waals surface area contributed by atoms with E-state index in [2.05, 4.69) is 9.72 Å². The largest absolute Gasteiger partial charge is 0.573 e. The van der Waals surface area contributed by atoms with Crippen molar-refractivity contribution in [1.82, 2.24) is 9.88 Å². The molecule has 0 radical (unpaired) electrons. The second-order valence-corrected chi connectivity index (χ2v) is 7.53. The zero-order valence-corrected chi connectivity index (χ0v) is 17.4. The van der Waals surface area contributed by atoms with Crippen LogP contribution in [0, 0.1) is 0 Å². The average Bonchev–Trinajstić information content (AvgIpc) is 2.91. The van der Waals surface area contributed by atoms with Crippen molar-refractivity contribution in [3.8, 4) is 22.6 Å². The molecule has 11 heteroatoms. The van der Waals surface area contributed by atoms with Gasteiger partial charge in [-0.15, -0.1) is 13.2 Å². The van der Waals surface area contributed by atoms with Crippen LogP contribution >= 0.6 is 0 Å². The first-order valence-electron chi connectivity index (χ1n) is 10.1. The minimum absolute atomic E-state index is 0.0540. The van der Waals surface area contributed by atoms with Crippen LogP contribution in [0.4, 0.5) is 26.3 Å². The van der Waals surface area contributed by atoms with Gasteiger partial charge in [0.1, 0.15) is 30.0 Å². The molecule has 1 unspecified atom stereocenters. The van der Waals surface area contributed by atoms with E-state index in [0.717, 1.165) is 6.07 Å². The second kappa shape index (κ2) is 9.15. The van der Waals surface area contributed by atoms with Crippen molar-refractivity contribution < 1.29 is 40.9 Å². The third kappa shape index (κ3) is 5.60. The molecule has 1 aromatic heterocycles. The predicted octanol–water partition coefficient (Wildman–Crippen LogP) is 5.55. The van der Waals surface area contributed by atoms with Crippen molar-refractivity contribution in [3.05, 3.63) is 77.6 Å². The van der Waals surface area contributed by atoms with Crippen molar-refractivity contribution >= 4 is 0 Å². The lowest BCUT2D eigenvalue weighted by Crippen LogP contribution is -2.30. The molecule has 34 heavy (non-hydrogen) atoms. The summed E-state index contributed by atoms with van der Waals surface area (Å²) in [6.45, 7) is 0.361. The summed E-state index contributed by atoms with van der Waals surface area (Å²) in [5, 5.41) is 11.0. The predicted molar refractivity (Wildman–Crippen MR) is 109 cm³/mol. The Morgan fingerprint density at radius 2 is 1.68 bits per heavy atom. The molecule has 0 fully saturated rings. The first-order valence-corrected chi connectivity index (χ1v) is 10.1. The first kappa shape index (κ1) is 23.8. The van der Waals surface area contributed by atoms with E-state index in [9.17, 15) is 31.4 Å². The Morgan fingerprint density at radius 1 is 0.971 bits per heavy atom. The van der Waals surface area contributed by atoms with Gasteiger partial charge in [-0.2, -0.15) is 13.2 Å².